The molecule has 0 radical (unpaired) electrons. The Morgan fingerprint density at radius 1 is 1.67 bits per heavy atom. The predicted octanol–water partition coefficient (Wildman–Crippen LogP) is 0.174. The van der Waals surface area contributed by atoms with Gasteiger partial charge in [-0.1, -0.05) is 13.3 Å². The van der Waals surface area contributed by atoms with Crippen LogP contribution in [0.5, 0.6) is 0 Å². The average Bonchev–Trinajstić information content (AvgIpc) is 2.38. The molecule has 2 amide bonds. The third-order valence-electron chi connectivity index (χ3n) is 2.67. The van der Waals surface area contributed by atoms with Gasteiger partial charge in [0.1, 0.15) is 6.04 Å². The van der Waals surface area contributed by atoms with Gasteiger partial charge in [0.15, 0.2) is 6.10 Å². The molecule has 2 N–H and O–H groups in total. The Morgan fingerprint density at radius 2 is 2.39 bits per heavy atom. The lowest BCUT2D eigenvalue weighted by molar-refractivity contribution is -0.139. The van der Waals surface area contributed by atoms with E-state index in [4.69, 9.17) is 15.1 Å². The van der Waals surface area contributed by atoms with Crippen LogP contribution in [-0.2, 0) is 9.53 Å². The molecule has 7 heteroatoms. The van der Waals surface area contributed by atoms with E-state index in [1.165, 1.54) is 4.90 Å². The summed E-state index contributed by atoms with van der Waals surface area (Å²) in [4.78, 5) is 24.2. The minimum absolute atomic E-state index is 0.167. The van der Waals surface area contributed by atoms with Crippen molar-refractivity contribution in [1.29, 1.82) is 5.26 Å². The topological polar surface area (TPSA) is 103 Å². The number of carboxylic acids is 1. The maximum absolute atomic E-state index is 11.8. The van der Waals surface area contributed by atoms with Gasteiger partial charge in [-0.15, -0.1) is 0 Å². The zero-order valence-electron chi connectivity index (χ0n) is 10.3. The Balaban J connectivity index is 2.53. The summed E-state index contributed by atoms with van der Waals surface area (Å²) in [5, 5.41) is 20.1. The molecule has 18 heavy (non-hydrogen) atoms. The van der Waals surface area contributed by atoms with Crippen molar-refractivity contribution in [2.75, 3.05) is 19.7 Å². The van der Waals surface area contributed by atoms with Crippen molar-refractivity contribution >= 4 is 12.0 Å². The first-order chi connectivity index (χ1) is 8.58. The molecular formula is C11H17N3O4. The fourth-order valence-electron chi connectivity index (χ4n) is 1.70. The summed E-state index contributed by atoms with van der Waals surface area (Å²) >= 11 is 0. The molecule has 1 aliphatic rings. The van der Waals surface area contributed by atoms with Crippen LogP contribution in [0.3, 0.4) is 0 Å². The van der Waals surface area contributed by atoms with Gasteiger partial charge in [-0.2, -0.15) is 5.26 Å². The van der Waals surface area contributed by atoms with Crippen LogP contribution in [-0.4, -0.2) is 53.8 Å². The van der Waals surface area contributed by atoms with E-state index in [1.807, 2.05) is 13.0 Å². The molecule has 1 rings (SSSR count). The number of carbonyl (C=O) groups excluding carboxylic acids is 1. The molecule has 0 aromatic heterocycles. The van der Waals surface area contributed by atoms with Gasteiger partial charge in [-0.25, -0.2) is 9.59 Å². The molecule has 2 atom stereocenters. The first-order valence-corrected chi connectivity index (χ1v) is 5.88. The first-order valence-electron chi connectivity index (χ1n) is 5.88. The van der Waals surface area contributed by atoms with Gasteiger partial charge in [0, 0.05) is 6.54 Å². The second kappa shape index (κ2) is 6.81. The summed E-state index contributed by atoms with van der Waals surface area (Å²) in [5.41, 5.74) is 0. The SMILES string of the molecule is CCCC(NC(=O)N1CCOC(C#N)C1)C(=O)O. The average molecular weight is 255 g/mol. The fraction of sp³-hybridized carbons (Fsp3) is 0.727. The van der Waals surface area contributed by atoms with E-state index < -0.39 is 24.1 Å². The van der Waals surface area contributed by atoms with E-state index in [0.29, 0.717) is 19.4 Å². The number of nitriles is 1. The maximum atomic E-state index is 11.8. The van der Waals surface area contributed by atoms with Gasteiger partial charge in [0.05, 0.1) is 19.2 Å². The van der Waals surface area contributed by atoms with E-state index in [2.05, 4.69) is 5.32 Å². The summed E-state index contributed by atoms with van der Waals surface area (Å²) in [6.07, 6.45) is 0.410. The number of nitrogens with zero attached hydrogens (tertiary/aromatic N) is 2. The third-order valence-corrected chi connectivity index (χ3v) is 2.67. The number of carboxylic acid groups (broad SMARTS) is 1. The molecule has 0 saturated carbocycles. The zero-order valence-corrected chi connectivity index (χ0v) is 10.3. The Labute approximate surface area is 105 Å². The smallest absolute Gasteiger partial charge is 0.326 e. The molecule has 0 aliphatic carbocycles. The molecule has 100 valence electrons. The molecule has 0 aromatic carbocycles. The number of ether oxygens (including phenoxy) is 1. The molecule has 2 unspecified atom stereocenters. The number of rotatable bonds is 4. The van der Waals surface area contributed by atoms with Crippen molar-refractivity contribution in [1.82, 2.24) is 10.2 Å². The standard InChI is InChI=1S/C11H17N3O4/c1-2-3-9(10(15)16)13-11(17)14-4-5-18-8(6-12)7-14/h8-9H,2-5,7H2,1H3,(H,13,17)(H,15,16). The van der Waals surface area contributed by atoms with E-state index in [0.717, 1.165) is 0 Å². The highest BCUT2D eigenvalue weighted by Gasteiger charge is 2.27. The van der Waals surface area contributed by atoms with Crippen LogP contribution in [0.1, 0.15) is 19.8 Å². The highest BCUT2D eigenvalue weighted by atomic mass is 16.5. The van der Waals surface area contributed by atoms with Crippen molar-refractivity contribution < 1.29 is 19.4 Å². The lowest BCUT2D eigenvalue weighted by Gasteiger charge is -2.30. The molecule has 0 aromatic rings. The van der Waals surface area contributed by atoms with Crippen molar-refractivity contribution in [3.8, 4) is 6.07 Å². The van der Waals surface area contributed by atoms with Crippen molar-refractivity contribution in [3.63, 3.8) is 0 Å². The van der Waals surface area contributed by atoms with Gasteiger partial charge in [-0.3, -0.25) is 0 Å². The van der Waals surface area contributed by atoms with E-state index in [9.17, 15) is 9.59 Å². The number of hydrogen-bond acceptors (Lipinski definition) is 4. The monoisotopic (exact) mass is 255 g/mol. The Morgan fingerprint density at radius 3 is 2.94 bits per heavy atom. The van der Waals surface area contributed by atoms with Crippen LogP contribution in [0.25, 0.3) is 0 Å². The van der Waals surface area contributed by atoms with Crippen molar-refractivity contribution in [2.45, 2.75) is 31.9 Å². The van der Waals surface area contributed by atoms with E-state index >= 15 is 0 Å². The van der Waals surface area contributed by atoms with Crippen LogP contribution in [0, 0.1) is 11.3 Å². The van der Waals surface area contributed by atoms with Crippen LogP contribution >= 0.6 is 0 Å². The normalized spacial score (nSPS) is 20.9. The molecule has 1 aliphatic heterocycles. The predicted molar refractivity (Wildman–Crippen MR) is 61.8 cm³/mol. The molecular weight excluding hydrogens is 238 g/mol. The van der Waals surface area contributed by atoms with Crippen molar-refractivity contribution in [2.24, 2.45) is 0 Å². The molecule has 1 saturated heterocycles. The lowest BCUT2D eigenvalue weighted by atomic mass is 10.2. The fourth-order valence-corrected chi connectivity index (χ4v) is 1.70. The van der Waals surface area contributed by atoms with E-state index in [1.54, 1.807) is 0 Å². The quantitative estimate of drug-likeness (QED) is 0.745. The molecule has 1 fully saturated rings. The highest BCUT2D eigenvalue weighted by Crippen LogP contribution is 2.06. The number of urea groups is 1. The Hall–Kier alpha value is -1.81. The second-order valence-corrected chi connectivity index (χ2v) is 4.06. The number of carbonyl (C=O) groups is 2. The summed E-state index contributed by atoms with van der Waals surface area (Å²) in [5.74, 6) is -1.05. The van der Waals surface area contributed by atoms with Crippen LogP contribution in [0.15, 0.2) is 0 Å². The number of nitrogens with one attached hydrogen (secondary N) is 1. The van der Waals surface area contributed by atoms with Gasteiger partial charge in [0.2, 0.25) is 0 Å². The third kappa shape index (κ3) is 3.89. The van der Waals surface area contributed by atoms with Crippen LogP contribution < -0.4 is 5.32 Å². The number of hydrogen-bond donors (Lipinski definition) is 2. The van der Waals surface area contributed by atoms with Crippen LogP contribution in [0.2, 0.25) is 0 Å². The number of aliphatic carboxylic acids is 1. The number of morpholine rings is 1. The maximum Gasteiger partial charge on any atom is 0.326 e. The van der Waals surface area contributed by atoms with E-state index in [-0.39, 0.29) is 13.2 Å². The molecule has 0 spiro atoms. The second-order valence-electron chi connectivity index (χ2n) is 4.06. The minimum Gasteiger partial charge on any atom is -0.480 e. The lowest BCUT2D eigenvalue weighted by Crippen LogP contribution is -2.53. The first kappa shape index (κ1) is 14.3. The summed E-state index contributed by atoms with van der Waals surface area (Å²) < 4.78 is 5.11. The van der Waals surface area contributed by atoms with Gasteiger partial charge < -0.3 is 20.1 Å². The van der Waals surface area contributed by atoms with Gasteiger partial charge in [-0.05, 0) is 6.42 Å². The van der Waals surface area contributed by atoms with Gasteiger partial charge in [0.25, 0.3) is 0 Å². The minimum atomic E-state index is -1.05. The summed E-state index contributed by atoms with van der Waals surface area (Å²) in [6.45, 7) is 2.67. The Bertz CT molecular complexity index is 353. The summed E-state index contributed by atoms with van der Waals surface area (Å²) in [6, 6.07) is 0.587. The zero-order chi connectivity index (χ0) is 13.5. The largest absolute Gasteiger partial charge is 0.480 e. The molecule has 7 nitrogen and oxygen atoms in total. The molecule has 0 bridgehead atoms. The number of amides is 2. The van der Waals surface area contributed by atoms with Crippen molar-refractivity contribution in [3.05, 3.63) is 0 Å². The summed E-state index contributed by atoms with van der Waals surface area (Å²) in [7, 11) is 0. The molecule has 1 heterocycles. The highest BCUT2D eigenvalue weighted by molar-refractivity contribution is 5.82. The van der Waals surface area contributed by atoms with Crippen LogP contribution in [0.4, 0.5) is 4.79 Å². The van der Waals surface area contributed by atoms with Gasteiger partial charge >= 0.3 is 12.0 Å². The Kier molecular flexibility index (Phi) is 5.39.